The Labute approximate surface area is 283 Å². The average molecular weight is 660 g/mol. The predicted molar refractivity (Wildman–Crippen MR) is 190 cm³/mol. The van der Waals surface area contributed by atoms with Gasteiger partial charge in [-0.15, -0.1) is 11.3 Å². The molecule has 3 aromatic rings. The standard InChI is InChI=1S/C38H53N5O3S/c1-22(2)17-31(34(39)44)40-35(45)25-11-14-42(15-12-25)16-13-29-30-21-32(38(5,6)37(46)43-27-7-8-28(43)10-9-27)47-36(30)41-33(29)26-19-23(3)18-24(4)20-26/h18-22,25,27-28,31,41H,7-17H2,1-6H3,(H2,39,44)(H,40,45)/t27?,28?,31-/m1/s1. The lowest BCUT2D eigenvalue weighted by molar-refractivity contribution is -0.137. The van der Waals surface area contributed by atoms with E-state index in [1.807, 2.05) is 13.8 Å². The highest BCUT2D eigenvalue weighted by Gasteiger charge is 2.47. The van der Waals surface area contributed by atoms with Gasteiger partial charge in [0, 0.05) is 34.8 Å². The van der Waals surface area contributed by atoms with Crippen LogP contribution in [0.25, 0.3) is 21.5 Å². The Kier molecular flexibility index (Phi) is 9.60. The fourth-order valence-electron chi connectivity index (χ4n) is 8.33. The molecule has 0 aliphatic carbocycles. The molecule has 1 atom stereocenters. The number of piperidine rings is 1. The minimum absolute atomic E-state index is 0.0524. The fourth-order valence-corrected chi connectivity index (χ4v) is 9.52. The molecule has 1 aromatic carbocycles. The minimum Gasteiger partial charge on any atom is -0.368 e. The molecule has 3 saturated heterocycles. The number of primary amides is 1. The van der Waals surface area contributed by atoms with Gasteiger partial charge in [-0.1, -0.05) is 31.0 Å². The summed E-state index contributed by atoms with van der Waals surface area (Å²) in [7, 11) is 0. The zero-order valence-corrected chi connectivity index (χ0v) is 29.9. The molecule has 9 heteroatoms. The largest absolute Gasteiger partial charge is 0.368 e. The van der Waals surface area contributed by atoms with E-state index >= 15 is 0 Å². The van der Waals surface area contributed by atoms with E-state index in [1.54, 1.807) is 11.3 Å². The topological polar surface area (TPSA) is 112 Å². The van der Waals surface area contributed by atoms with Crippen LogP contribution < -0.4 is 11.1 Å². The van der Waals surface area contributed by atoms with E-state index in [2.05, 4.69) is 72.1 Å². The van der Waals surface area contributed by atoms with E-state index in [9.17, 15) is 14.4 Å². The molecule has 3 fully saturated rings. The number of hydrogen-bond donors (Lipinski definition) is 3. The molecular formula is C38H53N5O3S. The van der Waals surface area contributed by atoms with Gasteiger partial charge in [-0.25, -0.2) is 0 Å². The number of nitrogens with one attached hydrogen (secondary N) is 2. The Balaban J connectivity index is 1.19. The van der Waals surface area contributed by atoms with Crippen LogP contribution >= 0.6 is 11.3 Å². The quantitative estimate of drug-likeness (QED) is 0.227. The molecule has 8 nitrogen and oxygen atoms in total. The number of nitrogens with zero attached hydrogens (tertiary/aromatic N) is 2. The molecule has 4 N–H and O–H groups in total. The van der Waals surface area contributed by atoms with Gasteiger partial charge in [-0.2, -0.15) is 0 Å². The molecule has 5 heterocycles. The number of likely N-dealkylation sites (tertiary alicyclic amines) is 1. The molecular weight excluding hydrogens is 607 g/mol. The number of nitrogens with two attached hydrogens (primary N) is 1. The Morgan fingerprint density at radius 1 is 0.979 bits per heavy atom. The monoisotopic (exact) mass is 659 g/mol. The van der Waals surface area contributed by atoms with E-state index in [0.29, 0.717) is 18.5 Å². The van der Waals surface area contributed by atoms with Crippen LogP contribution in [0.4, 0.5) is 0 Å². The maximum Gasteiger partial charge on any atom is 0.240 e. The third-order valence-electron chi connectivity index (χ3n) is 10.9. The van der Waals surface area contributed by atoms with Crippen molar-refractivity contribution < 1.29 is 14.4 Å². The van der Waals surface area contributed by atoms with E-state index in [-0.39, 0.29) is 23.7 Å². The third kappa shape index (κ3) is 6.89. The lowest BCUT2D eigenvalue weighted by Crippen LogP contribution is -2.49. The second kappa shape index (κ2) is 13.4. The van der Waals surface area contributed by atoms with Crippen LogP contribution in [-0.4, -0.2) is 70.3 Å². The molecule has 0 saturated carbocycles. The van der Waals surface area contributed by atoms with Crippen molar-refractivity contribution in [3.63, 3.8) is 0 Å². The number of carbonyl (C=O) groups is 3. The molecule has 47 heavy (non-hydrogen) atoms. The summed E-state index contributed by atoms with van der Waals surface area (Å²) in [6.45, 7) is 15.1. The van der Waals surface area contributed by atoms with Gasteiger partial charge in [-0.3, -0.25) is 14.4 Å². The third-order valence-corrected chi connectivity index (χ3v) is 12.3. The Morgan fingerprint density at radius 2 is 1.60 bits per heavy atom. The fraction of sp³-hybridized carbons (Fsp3) is 0.605. The van der Waals surface area contributed by atoms with Crippen molar-refractivity contribution >= 4 is 39.3 Å². The summed E-state index contributed by atoms with van der Waals surface area (Å²) in [6, 6.07) is 9.24. The number of aryl methyl sites for hydroxylation is 2. The number of fused-ring (bicyclic) bond motifs is 3. The SMILES string of the molecule is Cc1cc(C)cc(-c2[nH]c3sc(C(C)(C)C(=O)N4C5CCC4CC5)cc3c2CCN2CCC(C(=O)N[C@H](CC(C)C)C(N)=O)CC2)c1. The average Bonchev–Trinajstić information content (AvgIpc) is 3.79. The zero-order chi connectivity index (χ0) is 33.6. The molecule has 3 aliphatic heterocycles. The van der Waals surface area contributed by atoms with Gasteiger partial charge >= 0.3 is 0 Å². The van der Waals surface area contributed by atoms with E-state index < -0.39 is 17.4 Å². The molecule has 254 valence electrons. The number of thiophene rings is 1. The van der Waals surface area contributed by atoms with Crippen molar-refractivity contribution in [2.75, 3.05) is 19.6 Å². The molecule has 2 aromatic heterocycles. The zero-order valence-electron chi connectivity index (χ0n) is 29.1. The van der Waals surface area contributed by atoms with Gasteiger partial charge in [0.25, 0.3) is 0 Å². The number of aromatic nitrogens is 1. The highest BCUT2D eigenvalue weighted by Crippen LogP contribution is 2.44. The molecule has 0 radical (unpaired) electrons. The summed E-state index contributed by atoms with van der Waals surface area (Å²) < 4.78 is 0. The normalized spacial score (nSPS) is 21.2. The van der Waals surface area contributed by atoms with Crippen LogP contribution in [0.1, 0.15) is 94.2 Å². The van der Waals surface area contributed by atoms with Gasteiger partial charge < -0.3 is 25.8 Å². The first-order valence-corrected chi connectivity index (χ1v) is 18.5. The van der Waals surface area contributed by atoms with Crippen molar-refractivity contribution in [3.8, 4) is 11.3 Å². The van der Waals surface area contributed by atoms with Crippen molar-refractivity contribution in [1.82, 2.24) is 20.1 Å². The van der Waals surface area contributed by atoms with Crippen molar-refractivity contribution in [1.29, 1.82) is 0 Å². The number of H-pyrrole nitrogens is 1. The van der Waals surface area contributed by atoms with E-state index in [4.69, 9.17) is 5.73 Å². The number of aromatic amines is 1. The Morgan fingerprint density at radius 3 is 2.17 bits per heavy atom. The summed E-state index contributed by atoms with van der Waals surface area (Å²) in [5.41, 5.74) is 11.2. The minimum atomic E-state index is -0.610. The molecule has 0 spiro atoms. The summed E-state index contributed by atoms with van der Waals surface area (Å²) in [5.74, 6) is -0.0668. The second-order valence-electron chi connectivity index (χ2n) is 15.5. The molecule has 3 aliphatic rings. The van der Waals surface area contributed by atoms with Gasteiger partial charge in [0.1, 0.15) is 10.9 Å². The first-order chi connectivity index (χ1) is 22.3. The highest BCUT2D eigenvalue weighted by molar-refractivity contribution is 7.19. The summed E-state index contributed by atoms with van der Waals surface area (Å²) in [4.78, 5) is 49.7. The first kappa shape index (κ1) is 33.7. The lowest BCUT2D eigenvalue weighted by Gasteiger charge is -2.32. The molecule has 0 unspecified atom stereocenters. The smallest absolute Gasteiger partial charge is 0.240 e. The van der Waals surface area contributed by atoms with Crippen LogP contribution in [0.3, 0.4) is 0 Å². The van der Waals surface area contributed by atoms with Crippen molar-refractivity contribution in [3.05, 3.63) is 45.8 Å². The highest BCUT2D eigenvalue weighted by atomic mass is 32.1. The number of hydrogen-bond acceptors (Lipinski definition) is 5. The van der Waals surface area contributed by atoms with Crippen LogP contribution in [-0.2, 0) is 26.2 Å². The molecule has 3 amide bonds. The van der Waals surface area contributed by atoms with Crippen LogP contribution in [0.15, 0.2) is 24.3 Å². The van der Waals surface area contributed by atoms with Crippen LogP contribution in [0.5, 0.6) is 0 Å². The van der Waals surface area contributed by atoms with Crippen LogP contribution in [0.2, 0.25) is 0 Å². The number of rotatable bonds is 11. The van der Waals surface area contributed by atoms with Gasteiger partial charge in [0.2, 0.25) is 17.7 Å². The summed E-state index contributed by atoms with van der Waals surface area (Å²) >= 11 is 1.73. The van der Waals surface area contributed by atoms with E-state index in [1.165, 1.54) is 33.3 Å². The van der Waals surface area contributed by atoms with Gasteiger partial charge in [0.05, 0.1) is 11.1 Å². The Hall–Kier alpha value is -3.17. The number of carbonyl (C=O) groups excluding carboxylic acids is 3. The lowest BCUT2D eigenvalue weighted by atomic mass is 9.88. The first-order valence-electron chi connectivity index (χ1n) is 17.7. The predicted octanol–water partition coefficient (Wildman–Crippen LogP) is 6.21. The molecule has 2 bridgehead atoms. The van der Waals surface area contributed by atoms with Crippen LogP contribution in [0, 0.1) is 25.7 Å². The molecule has 6 rings (SSSR count). The van der Waals surface area contributed by atoms with Gasteiger partial charge in [-0.05, 0) is 127 Å². The van der Waals surface area contributed by atoms with Crippen molar-refractivity contribution in [2.24, 2.45) is 17.6 Å². The summed E-state index contributed by atoms with van der Waals surface area (Å²) in [6.07, 6.45) is 7.56. The maximum absolute atomic E-state index is 14.0. The van der Waals surface area contributed by atoms with Gasteiger partial charge in [0.15, 0.2) is 0 Å². The summed E-state index contributed by atoms with van der Waals surface area (Å²) in [5, 5.41) is 4.15. The van der Waals surface area contributed by atoms with E-state index in [0.717, 1.165) is 74.3 Å². The Bertz CT molecular complexity index is 1610. The maximum atomic E-state index is 14.0. The number of benzene rings is 1. The van der Waals surface area contributed by atoms with Crippen molar-refractivity contribution in [2.45, 2.75) is 116 Å². The second-order valence-corrected chi connectivity index (χ2v) is 16.5. The number of amides is 3.